The van der Waals surface area contributed by atoms with E-state index < -0.39 is 0 Å². The third kappa shape index (κ3) is 5.71. The highest BCUT2D eigenvalue weighted by atomic mass is 16.3. The van der Waals surface area contributed by atoms with E-state index in [4.69, 9.17) is 19.4 Å². The number of allylic oxidation sites excluding steroid dienone is 1. The maximum atomic E-state index is 6.80. The van der Waals surface area contributed by atoms with E-state index in [2.05, 4.69) is 115 Å². The summed E-state index contributed by atoms with van der Waals surface area (Å²) < 4.78 is 6.80. The summed E-state index contributed by atoms with van der Waals surface area (Å²) in [7, 11) is 0. The zero-order valence-electron chi connectivity index (χ0n) is 28.9. The maximum Gasteiger partial charge on any atom is 0.164 e. The number of hydrogen-bond donors (Lipinski definition) is 0. The second-order valence-electron chi connectivity index (χ2n) is 13.5. The molecule has 4 heteroatoms. The first-order valence-corrected chi connectivity index (χ1v) is 18.1. The highest BCUT2D eigenvalue weighted by Gasteiger charge is 2.23. The van der Waals surface area contributed by atoms with E-state index in [9.17, 15) is 0 Å². The van der Waals surface area contributed by atoms with Gasteiger partial charge < -0.3 is 4.42 Å². The molecule has 1 aliphatic carbocycles. The van der Waals surface area contributed by atoms with Crippen LogP contribution in [0.5, 0.6) is 0 Å². The Kier molecular flexibility index (Phi) is 7.58. The maximum absolute atomic E-state index is 6.80. The van der Waals surface area contributed by atoms with Crippen LogP contribution < -0.4 is 0 Å². The quantitative estimate of drug-likeness (QED) is 0.175. The number of hydrogen-bond acceptors (Lipinski definition) is 4. The van der Waals surface area contributed by atoms with E-state index in [1.165, 1.54) is 33.4 Å². The number of aromatic nitrogens is 3. The second-order valence-corrected chi connectivity index (χ2v) is 13.5. The molecule has 0 unspecified atom stereocenters. The fraction of sp³-hybridized carbons (Fsp3) is 0.0408. The SMILES string of the molecule is C1=Cc2c(c(-c3nc(-c4ccccc4)nc(-c4ccccc4)n3)cc3oc4cc(-c5cc(-c6ccccc6)cc(-c6ccccc6)c5)ccc4c23)CC1. The van der Waals surface area contributed by atoms with Gasteiger partial charge in [-0.05, 0) is 93.7 Å². The average molecular weight is 680 g/mol. The third-order valence-corrected chi connectivity index (χ3v) is 10.2. The fourth-order valence-electron chi connectivity index (χ4n) is 7.59. The Hall–Kier alpha value is -6.91. The van der Waals surface area contributed by atoms with Gasteiger partial charge >= 0.3 is 0 Å². The van der Waals surface area contributed by atoms with Crippen LogP contribution in [-0.2, 0) is 6.42 Å². The molecule has 53 heavy (non-hydrogen) atoms. The van der Waals surface area contributed by atoms with Crippen molar-refractivity contribution in [1.29, 1.82) is 0 Å². The minimum atomic E-state index is 0.650. The lowest BCUT2D eigenvalue weighted by Gasteiger charge is -2.17. The molecule has 2 aromatic heterocycles. The predicted molar refractivity (Wildman–Crippen MR) is 217 cm³/mol. The topological polar surface area (TPSA) is 51.8 Å². The summed E-state index contributed by atoms with van der Waals surface area (Å²) in [4.78, 5) is 15.1. The number of furan rings is 1. The molecule has 250 valence electrons. The number of benzene rings is 7. The molecule has 4 nitrogen and oxygen atoms in total. The van der Waals surface area contributed by atoms with Crippen LogP contribution in [0.1, 0.15) is 17.5 Å². The predicted octanol–water partition coefficient (Wildman–Crippen LogP) is 12.7. The normalized spacial score (nSPS) is 12.3. The van der Waals surface area contributed by atoms with Gasteiger partial charge in [-0.3, -0.25) is 0 Å². The molecule has 0 radical (unpaired) electrons. The van der Waals surface area contributed by atoms with Crippen molar-refractivity contribution in [2.24, 2.45) is 0 Å². The number of rotatable bonds is 6. The van der Waals surface area contributed by atoms with E-state index >= 15 is 0 Å². The fourth-order valence-corrected chi connectivity index (χ4v) is 7.59. The van der Waals surface area contributed by atoms with Crippen molar-refractivity contribution in [3.63, 3.8) is 0 Å². The summed E-state index contributed by atoms with van der Waals surface area (Å²) in [6.07, 6.45) is 6.36. The van der Waals surface area contributed by atoms with Crippen molar-refractivity contribution in [1.82, 2.24) is 15.0 Å². The highest BCUT2D eigenvalue weighted by molar-refractivity contribution is 6.12. The van der Waals surface area contributed by atoms with E-state index in [0.717, 1.165) is 62.6 Å². The van der Waals surface area contributed by atoms with E-state index in [1.807, 2.05) is 60.7 Å². The van der Waals surface area contributed by atoms with E-state index in [1.54, 1.807) is 0 Å². The van der Waals surface area contributed by atoms with Gasteiger partial charge in [-0.25, -0.2) is 15.0 Å². The van der Waals surface area contributed by atoms with Gasteiger partial charge in [0.1, 0.15) is 11.2 Å². The van der Waals surface area contributed by atoms with Crippen molar-refractivity contribution in [2.45, 2.75) is 12.8 Å². The third-order valence-electron chi connectivity index (χ3n) is 10.2. The summed E-state index contributed by atoms with van der Waals surface area (Å²) in [6, 6.07) is 57.1. The molecular formula is C49H33N3O. The minimum Gasteiger partial charge on any atom is -0.456 e. The van der Waals surface area contributed by atoms with Gasteiger partial charge in [-0.1, -0.05) is 140 Å². The Morgan fingerprint density at radius 2 is 0.925 bits per heavy atom. The number of fused-ring (bicyclic) bond motifs is 5. The molecule has 0 fully saturated rings. The lowest BCUT2D eigenvalue weighted by molar-refractivity contribution is 0.669. The Balaban J connectivity index is 1.15. The Bertz CT molecular complexity index is 2690. The molecule has 0 atom stereocenters. The zero-order chi connectivity index (χ0) is 35.1. The van der Waals surface area contributed by atoms with Gasteiger partial charge in [0.05, 0.1) is 0 Å². The first kappa shape index (κ1) is 30.9. The Labute approximate surface area is 307 Å². The molecule has 0 saturated carbocycles. The second kappa shape index (κ2) is 13.0. The van der Waals surface area contributed by atoms with Gasteiger partial charge in [-0.2, -0.15) is 0 Å². The van der Waals surface area contributed by atoms with Crippen LogP contribution in [0.15, 0.2) is 174 Å². The summed E-state index contributed by atoms with van der Waals surface area (Å²) in [5.41, 5.74) is 13.9. The summed E-state index contributed by atoms with van der Waals surface area (Å²) in [5, 5.41) is 2.23. The molecule has 1 aliphatic rings. The molecule has 9 aromatic rings. The van der Waals surface area contributed by atoms with Gasteiger partial charge in [0.2, 0.25) is 0 Å². The van der Waals surface area contributed by atoms with Crippen molar-refractivity contribution >= 4 is 28.0 Å². The summed E-state index contributed by atoms with van der Waals surface area (Å²) in [5.74, 6) is 1.95. The standard InChI is InChI=1S/C49H33N3O/c1-5-15-32(16-6-1)37-27-38(33-17-7-2-8-18-33)29-39(28-37)36-25-26-42-44(30-36)53-45-31-43(40-23-13-14-24-41(40)46(42)45)49-51-47(34-19-9-3-10-20-34)50-48(52-49)35-21-11-4-12-22-35/h1-12,14-22,24-31H,13,23H2. The monoisotopic (exact) mass is 679 g/mol. The molecule has 0 aliphatic heterocycles. The molecule has 0 amide bonds. The van der Waals surface area contributed by atoms with Gasteiger partial charge in [0.15, 0.2) is 17.5 Å². The molecule has 7 aromatic carbocycles. The zero-order valence-corrected chi connectivity index (χ0v) is 28.9. The molecule has 2 heterocycles. The van der Waals surface area contributed by atoms with E-state index in [-0.39, 0.29) is 0 Å². The Morgan fingerprint density at radius 3 is 1.49 bits per heavy atom. The lowest BCUT2D eigenvalue weighted by Crippen LogP contribution is -2.04. The van der Waals surface area contributed by atoms with Crippen LogP contribution in [0.4, 0.5) is 0 Å². The van der Waals surface area contributed by atoms with Gasteiger partial charge in [0, 0.05) is 27.5 Å². The summed E-state index contributed by atoms with van der Waals surface area (Å²) >= 11 is 0. The van der Waals surface area contributed by atoms with Crippen LogP contribution in [0.2, 0.25) is 0 Å². The first-order chi connectivity index (χ1) is 26.2. The van der Waals surface area contributed by atoms with Crippen LogP contribution in [0.25, 0.3) is 95.6 Å². The molecule has 0 bridgehead atoms. The molecular weight excluding hydrogens is 647 g/mol. The van der Waals surface area contributed by atoms with Crippen LogP contribution in [0, 0.1) is 0 Å². The van der Waals surface area contributed by atoms with Crippen LogP contribution in [-0.4, -0.2) is 15.0 Å². The lowest BCUT2D eigenvalue weighted by atomic mass is 9.88. The largest absolute Gasteiger partial charge is 0.456 e. The molecule has 0 saturated heterocycles. The van der Waals surface area contributed by atoms with Crippen LogP contribution >= 0.6 is 0 Å². The van der Waals surface area contributed by atoms with Crippen molar-refractivity contribution in [2.75, 3.05) is 0 Å². The molecule has 10 rings (SSSR count). The summed E-state index contributed by atoms with van der Waals surface area (Å²) in [6.45, 7) is 0. The Morgan fingerprint density at radius 1 is 0.415 bits per heavy atom. The van der Waals surface area contributed by atoms with Crippen molar-refractivity contribution in [3.05, 3.63) is 181 Å². The average Bonchev–Trinajstić information content (AvgIpc) is 3.62. The van der Waals surface area contributed by atoms with Gasteiger partial charge in [-0.15, -0.1) is 0 Å². The van der Waals surface area contributed by atoms with Crippen molar-refractivity contribution < 1.29 is 4.42 Å². The van der Waals surface area contributed by atoms with Gasteiger partial charge in [0.25, 0.3) is 0 Å². The van der Waals surface area contributed by atoms with Crippen LogP contribution in [0.3, 0.4) is 0 Å². The highest BCUT2D eigenvalue weighted by Crippen LogP contribution is 2.42. The number of nitrogens with zero attached hydrogens (tertiary/aromatic N) is 3. The molecule has 0 spiro atoms. The van der Waals surface area contributed by atoms with Crippen molar-refractivity contribution in [3.8, 4) is 67.5 Å². The minimum absolute atomic E-state index is 0.650. The smallest absolute Gasteiger partial charge is 0.164 e. The molecule has 0 N–H and O–H groups in total. The van der Waals surface area contributed by atoms with E-state index in [0.29, 0.717) is 17.5 Å². The first-order valence-electron chi connectivity index (χ1n) is 18.1.